The lowest BCUT2D eigenvalue weighted by Gasteiger charge is -2.34. The quantitative estimate of drug-likeness (QED) is 0.836. The number of alkyl halides is 3. The first-order valence-corrected chi connectivity index (χ1v) is 7.68. The van der Waals surface area contributed by atoms with E-state index in [4.69, 9.17) is 5.73 Å². The summed E-state index contributed by atoms with van der Waals surface area (Å²) in [5.74, 6) is -0.372. The zero-order valence-electron chi connectivity index (χ0n) is 14.0. The van der Waals surface area contributed by atoms with E-state index in [1.165, 1.54) is 6.07 Å². The number of rotatable bonds is 6. The number of nitrogens with two attached hydrogens (primary N) is 1. The van der Waals surface area contributed by atoms with Gasteiger partial charge in [0.15, 0.2) is 0 Å². The van der Waals surface area contributed by atoms with E-state index in [-0.39, 0.29) is 24.2 Å². The molecule has 0 fully saturated rings. The molecule has 2 atom stereocenters. The molecule has 23 heavy (non-hydrogen) atoms. The lowest BCUT2D eigenvalue weighted by Crippen LogP contribution is -2.55. The second kappa shape index (κ2) is 7.34. The van der Waals surface area contributed by atoms with E-state index < -0.39 is 17.3 Å². The van der Waals surface area contributed by atoms with Gasteiger partial charge in [0.2, 0.25) is 5.91 Å². The van der Waals surface area contributed by atoms with Gasteiger partial charge in [0.25, 0.3) is 0 Å². The Hall–Kier alpha value is -1.56. The zero-order chi connectivity index (χ0) is 17.8. The van der Waals surface area contributed by atoms with Crippen LogP contribution in [0, 0.1) is 5.92 Å². The lowest BCUT2D eigenvalue weighted by molar-refractivity contribution is -0.137. The molecule has 0 radical (unpaired) electrons. The molecule has 0 saturated heterocycles. The summed E-state index contributed by atoms with van der Waals surface area (Å²) in [5, 5.41) is 2.90. The minimum absolute atomic E-state index is 0.115. The molecule has 0 heterocycles. The molecule has 0 aromatic heterocycles. The fourth-order valence-corrected chi connectivity index (χ4v) is 2.22. The predicted octanol–water partition coefficient (Wildman–Crippen LogP) is 3.69. The van der Waals surface area contributed by atoms with Crippen molar-refractivity contribution in [2.75, 3.05) is 6.54 Å². The molecule has 0 saturated carbocycles. The van der Waals surface area contributed by atoms with Gasteiger partial charge >= 0.3 is 6.18 Å². The molecule has 1 aromatic rings. The molecule has 6 heteroatoms. The second-order valence-corrected chi connectivity index (χ2v) is 6.55. The minimum Gasteiger partial charge on any atom is -0.349 e. The van der Waals surface area contributed by atoms with Gasteiger partial charge in [0, 0.05) is 13.0 Å². The highest BCUT2D eigenvalue weighted by molar-refractivity contribution is 5.77. The summed E-state index contributed by atoms with van der Waals surface area (Å²) in [6.45, 7) is 7.83. The van der Waals surface area contributed by atoms with E-state index in [1.807, 2.05) is 20.8 Å². The van der Waals surface area contributed by atoms with Crippen LogP contribution in [0.3, 0.4) is 0 Å². The average Bonchev–Trinajstić information content (AvgIpc) is 2.45. The molecule has 1 amide bonds. The highest BCUT2D eigenvalue weighted by Crippen LogP contribution is 2.31. The van der Waals surface area contributed by atoms with Crippen LogP contribution in [0.1, 0.15) is 51.2 Å². The Kier molecular flexibility index (Phi) is 6.22. The highest BCUT2D eigenvalue weighted by Gasteiger charge is 2.31. The fraction of sp³-hybridized carbons (Fsp3) is 0.588. The molecule has 0 aliphatic carbocycles. The normalized spacial score (nSPS) is 16.0. The van der Waals surface area contributed by atoms with Crippen molar-refractivity contribution < 1.29 is 18.0 Å². The molecule has 0 aliphatic heterocycles. The highest BCUT2D eigenvalue weighted by atomic mass is 19.4. The first-order valence-electron chi connectivity index (χ1n) is 7.68. The van der Waals surface area contributed by atoms with E-state index in [0.717, 1.165) is 12.1 Å². The zero-order valence-corrected chi connectivity index (χ0v) is 14.0. The molecule has 3 nitrogen and oxygen atoms in total. The fourth-order valence-electron chi connectivity index (χ4n) is 2.22. The molecular formula is C17H25F3N2O. The Labute approximate surface area is 135 Å². The van der Waals surface area contributed by atoms with Gasteiger partial charge in [-0.1, -0.05) is 39.0 Å². The van der Waals surface area contributed by atoms with Gasteiger partial charge in [-0.15, -0.1) is 0 Å². The number of carbonyl (C=O) groups excluding carboxylic acids is 1. The third kappa shape index (κ3) is 5.23. The number of hydrogen-bond donors (Lipinski definition) is 2. The summed E-state index contributed by atoms with van der Waals surface area (Å²) in [4.78, 5) is 12.2. The standard InChI is InChI=1S/C17H25F3N2O/c1-11(2)16(4,10-21)22-15(23)8-12(3)13-6-5-7-14(9-13)17(18,19)20/h5-7,9,11-12H,8,10,21H2,1-4H3,(H,22,23). The summed E-state index contributed by atoms with van der Waals surface area (Å²) < 4.78 is 38.3. The number of halogens is 3. The SMILES string of the molecule is CC(CC(=O)NC(C)(CN)C(C)C)c1cccc(C(F)(F)F)c1. The first-order chi connectivity index (χ1) is 10.5. The van der Waals surface area contributed by atoms with E-state index in [1.54, 1.807) is 13.0 Å². The van der Waals surface area contributed by atoms with Crippen molar-refractivity contribution in [3.8, 4) is 0 Å². The van der Waals surface area contributed by atoms with Gasteiger partial charge in [0.05, 0.1) is 11.1 Å². The van der Waals surface area contributed by atoms with Crippen LogP contribution >= 0.6 is 0 Å². The van der Waals surface area contributed by atoms with Gasteiger partial charge in [0.1, 0.15) is 0 Å². The van der Waals surface area contributed by atoms with Crippen molar-refractivity contribution in [2.24, 2.45) is 11.7 Å². The Morgan fingerprint density at radius 1 is 1.26 bits per heavy atom. The topological polar surface area (TPSA) is 55.1 Å². The molecule has 3 N–H and O–H groups in total. The maximum atomic E-state index is 12.8. The molecule has 2 unspecified atom stereocenters. The van der Waals surface area contributed by atoms with Gasteiger partial charge < -0.3 is 11.1 Å². The van der Waals surface area contributed by atoms with Gasteiger partial charge in [-0.3, -0.25) is 4.79 Å². The van der Waals surface area contributed by atoms with Crippen molar-refractivity contribution >= 4 is 5.91 Å². The van der Waals surface area contributed by atoms with Crippen LogP contribution in [0.4, 0.5) is 13.2 Å². The summed E-state index contributed by atoms with van der Waals surface area (Å²) in [6.07, 6.45) is -4.27. The molecular weight excluding hydrogens is 305 g/mol. The van der Waals surface area contributed by atoms with Gasteiger partial charge in [-0.05, 0) is 30.4 Å². The smallest absolute Gasteiger partial charge is 0.349 e. The summed E-state index contributed by atoms with van der Waals surface area (Å²) in [6, 6.07) is 5.10. The minimum atomic E-state index is -4.38. The van der Waals surface area contributed by atoms with E-state index in [2.05, 4.69) is 5.32 Å². The molecule has 0 aliphatic rings. The van der Waals surface area contributed by atoms with Crippen LogP contribution in [0.5, 0.6) is 0 Å². The van der Waals surface area contributed by atoms with Crippen molar-refractivity contribution in [1.82, 2.24) is 5.32 Å². The Morgan fingerprint density at radius 3 is 2.35 bits per heavy atom. The third-order valence-electron chi connectivity index (χ3n) is 4.40. The predicted molar refractivity (Wildman–Crippen MR) is 84.9 cm³/mol. The van der Waals surface area contributed by atoms with Crippen LogP contribution in [-0.4, -0.2) is 18.0 Å². The average molecular weight is 330 g/mol. The molecule has 0 spiro atoms. The van der Waals surface area contributed by atoms with Crippen LogP contribution in [0.15, 0.2) is 24.3 Å². The molecule has 0 bridgehead atoms. The number of benzene rings is 1. The maximum Gasteiger partial charge on any atom is 0.416 e. The van der Waals surface area contributed by atoms with Crippen LogP contribution in [0.25, 0.3) is 0 Å². The number of carbonyl (C=O) groups is 1. The van der Waals surface area contributed by atoms with Crippen molar-refractivity contribution in [3.05, 3.63) is 35.4 Å². The molecule has 1 aromatic carbocycles. The molecule has 130 valence electrons. The molecule has 1 rings (SSSR count). The lowest BCUT2D eigenvalue weighted by atomic mass is 9.87. The second-order valence-electron chi connectivity index (χ2n) is 6.55. The van der Waals surface area contributed by atoms with Crippen molar-refractivity contribution in [1.29, 1.82) is 0 Å². The van der Waals surface area contributed by atoms with Crippen LogP contribution in [0.2, 0.25) is 0 Å². The Bertz CT molecular complexity index is 543. The van der Waals surface area contributed by atoms with Crippen LogP contribution < -0.4 is 11.1 Å². The number of amides is 1. The van der Waals surface area contributed by atoms with E-state index in [0.29, 0.717) is 12.1 Å². The van der Waals surface area contributed by atoms with Gasteiger partial charge in [-0.25, -0.2) is 0 Å². The summed E-state index contributed by atoms with van der Waals surface area (Å²) in [7, 11) is 0. The van der Waals surface area contributed by atoms with E-state index in [9.17, 15) is 18.0 Å². The maximum absolute atomic E-state index is 12.8. The monoisotopic (exact) mass is 330 g/mol. The number of hydrogen-bond acceptors (Lipinski definition) is 2. The Balaban J connectivity index is 2.80. The summed E-state index contributed by atoms with van der Waals surface area (Å²) in [5.41, 5.74) is 5.00. The third-order valence-corrected chi connectivity index (χ3v) is 4.40. The van der Waals surface area contributed by atoms with Crippen LogP contribution in [-0.2, 0) is 11.0 Å². The van der Waals surface area contributed by atoms with Gasteiger partial charge in [-0.2, -0.15) is 13.2 Å². The Morgan fingerprint density at radius 2 is 1.87 bits per heavy atom. The largest absolute Gasteiger partial charge is 0.416 e. The first kappa shape index (κ1) is 19.5. The van der Waals surface area contributed by atoms with Crippen molar-refractivity contribution in [2.45, 2.75) is 51.7 Å². The summed E-state index contributed by atoms with van der Waals surface area (Å²) >= 11 is 0. The van der Waals surface area contributed by atoms with Crippen molar-refractivity contribution in [3.63, 3.8) is 0 Å². The van der Waals surface area contributed by atoms with E-state index >= 15 is 0 Å². The number of nitrogens with one attached hydrogen (secondary N) is 1.